The van der Waals surface area contributed by atoms with Gasteiger partial charge in [0.05, 0.1) is 0 Å². The molecule has 0 heterocycles. The van der Waals surface area contributed by atoms with Crippen LogP contribution in [0.2, 0.25) is 20.1 Å². The van der Waals surface area contributed by atoms with Crippen molar-refractivity contribution in [1.82, 2.24) is 0 Å². The van der Waals surface area contributed by atoms with Gasteiger partial charge in [-0.25, -0.2) is 0 Å². The van der Waals surface area contributed by atoms with Gasteiger partial charge in [-0.05, 0) is 63.1 Å². The van der Waals surface area contributed by atoms with Crippen LogP contribution in [0.1, 0.15) is 38.8 Å². The van der Waals surface area contributed by atoms with Crippen molar-refractivity contribution in [3.8, 4) is 11.5 Å². The molecule has 0 unspecified atom stereocenters. The number of hydrogen-bond donors (Lipinski definition) is 0. The molecule has 4 nitrogen and oxygen atoms in total. The van der Waals surface area contributed by atoms with Gasteiger partial charge in [-0.15, -0.1) is 0 Å². The van der Waals surface area contributed by atoms with Gasteiger partial charge >= 0.3 is 17.1 Å². The Morgan fingerprint density at radius 2 is 1.00 bits per heavy atom. The van der Waals surface area contributed by atoms with Crippen molar-refractivity contribution in [3.63, 3.8) is 0 Å². The molecule has 0 spiro atoms. The molecule has 0 saturated heterocycles. The smallest absolute Gasteiger partial charge is 0.871 e. The second-order valence-electron chi connectivity index (χ2n) is 6.36. The Hall–Kier alpha value is -0.941. The predicted molar refractivity (Wildman–Crippen MR) is 117 cm³/mol. The van der Waals surface area contributed by atoms with Crippen molar-refractivity contribution in [1.29, 1.82) is 0 Å². The van der Waals surface area contributed by atoms with E-state index in [0.29, 0.717) is 21.2 Å². The molecule has 0 amide bonds. The number of rotatable bonds is 4. The normalized spacial score (nSPS) is 11.1. The van der Waals surface area contributed by atoms with Crippen LogP contribution in [0.25, 0.3) is 0 Å². The number of benzene rings is 2. The van der Waals surface area contributed by atoms with E-state index in [4.69, 9.17) is 46.4 Å². The first-order valence-corrected chi connectivity index (χ1v) is 9.90. The summed E-state index contributed by atoms with van der Waals surface area (Å²) in [6, 6.07) is 6.26. The molecule has 2 aromatic carbocycles. The molecule has 0 bridgehead atoms. The van der Waals surface area contributed by atoms with Gasteiger partial charge in [0.1, 0.15) is 0 Å². The van der Waals surface area contributed by atoms with Crippen LogP contribution in [0.4, 0.5) is 0 Å². The number of hydrogen-bond acceptors (Lipinski definition) is 4. The maximum Gasteiger partial charge on any atom is 2.00 e. The topological polar surface area (TPSA) is 70.8 Å². The first-order valence-electron chi connectivity index (χ1n) is 8.39. The third-order valence-electron chi connectivity index (χ3n) is 3.10. The molecule has 29 heavy (non-hydrogen) atoms. The number of halogens is 4. The Balaban J connectivity index is 0.000000523. The summed E-state index contributed by atoms with van der Waals surface area (Å²) in [5, 5.41) is 24.0. The SMILES string of the molecule is CC(C)N=Cc1cc(Cl)cc(Cl)c1[O-].CC(C)N=Cc1cc(Cl)cc(Cl)c1[O-].[Cu+2]. The van der Waals surface area contributed by atoms with Crippen molar-refractivity contribution in [2.75, 3.05) is 0 Å². The summed E-state index contributed by atoms with van der Waals surface area (Å²) < 4.78 is 0. The molecule has 0 N–H and O–H groups in total. The zero-order valence-corrected chi connectivity index (χ0v) is 20.1. The van der Waals surface area contributed by atoms with Gasteiger partial charge in [-0.2, -0.15) is 0 Å². The van der Waals surface area contributed by atoms with E-state index in [1.165, 1.54) is 24.6 Å². The van der Waals surface area contributed by atoms with E-state index >= 15 is 0 Å². The van der Waals surface area contributed by atoms with Gasteiger partial charge < -0.3 is 10.2 Å². The molecule has 9 heteroatoms. The van der Waals surface area contributed by atoms with Crippen molar-refractivity contribution in [2.45, 2.75) is 39.8 Å². The van der Waals surface area contributed by atoms with Crippen LogP contribution in [0.5, 0.6) is 11.5 Å². The Labute approximate surface area is 202 Å². The number of nitrogens with zero attached hydrogens (tertiary/aromatic N) is 2. The van der Waals surface area contributed by atoms with Gasteiger partial charge in [0.25, 0.3) is 0 Å². The van der Waals surface area contributed by atoms with E-state index in [1.807, 2.05) is 27.7 Å². The molecule has 0 aliphatic rings. The average molecular weight is 526 g/mol. The molecule has 0 aliphatic heterocycles. The molecule has 0 atom stereocenters. The second kappa shape index (κ2) is 13.4. The molecule has 2 aromatic rings. The molecule has 2 rings (SSSR count). The first kappa shape index (κ1) is 28.1. The van der Waals surface area contributed by atoms with Crippen LogP contribution in [-0.4, -0.2) is 24.5 Å². The number of aliphatic imine (C=N–C) groups is 2. The molecule has 0 aliphatic carbocycles. The first-order chi connectivity index (χ1) is 13.0. The summed E-state index contributed by atoms with van der Waals surface area (Å²) in [6.07, 6.45) is 3.01. The Bertz CT molecular complexity index is 801. The zero-order chi connectivity index (χ0) is 21.4. The molecule has 0 aromatic heterocycles. The minimum absolute atomic E-state index is 0. The van der Waals surface area contributed by atoms with Crippen molar-refractivity contribution in [2.24, 2.45) is 9.98 Å². The van der Waals surface area contributed by atoms with Crippen molar-refractivity contribution < 1.29 is 27.3 Å². The Morgan fingerprint density at radius 3 is 1.28 bits per heavy atom. The minimum atomic E-state index is -0.236. The fourth-order valence-electron chi connectivity index (χ4n) is 1.81. The van der Waals surface area contributed by atoms with Crippen LogP contribution in [-0.2, 0) is 17.1 Å². The van der Waals surface area contributed by atoms with Gasteiger partial charge in [0, 0.05) is 44.6 Å². The van der Waals surface area contributed by atoms with Crippen molar-refractivity contribution >= 4 is 58.8 Å². The van der Waals surface area contributed by atoms with E-state index in [0.717, 1.165) is 0 Å². The standard InChI is InChI=1S/2C10H11Cl2NO.Cu/c2*1-6(2)13-5-7-3-8(11)4-9(12)10(7)14;/h2*3-6,14H,1-2H3;/q;;+2/p-2. The fourth-order valence-corrected chi connectivity index (χ4v) is 2.83. The summed E-state index contributed by atoms with van der Waals surface area (Å²) in [6.45, 7) is 7.69. The summed E-state index contributed by atoms with van der Waals surface area (Å²) in [4.78, 5) is 8.19. The monoisotopic (exact) mass is 523 g/mol. The van der Waals surface area contributed by atoms with Crippen LogP contribution in [0, 0.1) is 0 Å². The molecule has 0 fully saturated rings. The Morgan fingerprint density at radius 1 is 0.690 bits per heavy atom. The van der Waals surface area contributed by atoms with E-state index < -0.39 is 0 Å². The van der Waals surface area contributed by atoms with Gasteiger partial charge in [-0.1, -0.05) is 57.9 Å². The third kappa shape index (κ3) is 10.1. The zero-order valence-electron chi connectivity index (χ0n) is 16.1. The van der Waals surface area contributed by atoms with Crippen molar-refractivity contribution in [3.05, 3.63) is 55.5 Å². The van der Waals surface area contributed by atoms with Crippen LogP contribution in [0.15, 0.2) is 34.3 Å². The fraction of sp³-hybridized carbons (Fsp3) is 0.300. The second-order valence-corrected chi connectivity index (χ2v) is 8.04. The molecule has 161 valence electrons. The summed E-state index contributed by atoms with van der Waals surface area (Å²) in [5.41, 5.74) is 0.854. The summed E-state index contributed by atoms with van der Waals surface area (Å²) in [5.74, 6) is -0.471. The van der Waals surface area contributed by atoms with Crippen LogP contribution < -0.4 is 10.2 Å². The largest absolute Gasteiger partial charge is 2.00 e. The van der Waals surface area contributed by atoms with E-state index in [1.54, 1.807) is 12.1 Å². The van der Waals surface area contributed by atoms with E-state index in [2.05, 4.69) is 9.98 Å². The maximum absolute atomic E-state index is 11.5. The Kier molecular flexibility index (Phi) is 12.9. The average Bonchev–Trinajstić information content (AvgIpc) is 2.59. The third-order valence-corrected chi connectivity index (χ3v) is 4.10. The molecular weight excluding hydrogens is 506 g/mol. The van der Waals surface area contributed by atoms with Gasteiger partial charge in [0.2, 0.25) is 0 Å². The molecule has 1 radical (unpaired) electrons. The maximum atomic E-state index is 11.5. The van der Waals surface area contributed by atoms with Gasteiger partial charge in [0.15, 0.2) is 0 Å². The van der Waals surface area contributed by atoms with Gasteiger partial charge in [-0.3, -0.25) is 9.98 Å². The summed E-state index contributed by atoms with van der Waals surface area (Å²) >= 11 is 22.9. The predicted octanol–water partition coefficient (Wildman–Crippen LogP) is 5.79. The van der Waals surface area contributed by atoms with E-state index in [9.17, 15) is 10.2 Å². The summed E-state index contributed by atoms with van der Waals surface area (Å²) in [7, 11) is 0. The quantitative estimate of drug-likeness (QED) is 0.375. The van der Waals surface area contributed by atoms with E-state index in [-0.39, 0.29) is 50.7 Å². The van der Waals surface area contributed by atoms with Crippen LogP contribution >= 0.6 is 46.4 Å². The minimum Gasteiger partial charge on any atom is -0.871 e. The molecular formula is C20H20Cl4CuN2O2. The van der Waals surface area contributed by atoms with Crippen LogP contribution in [0.3, 0.4) is 0 Å². The molecule has 0 saturated carbocycles.